The van der Waals surface area contributed by atoms with Crippen LogP contribution in [0.15, 0.2) is 11.2 Å². The van der Waals surface area contributed by atoms with Crippen LogP contribution in [0.4, 0.5) is 0 Å². The second kappa shape index (κ2) is 6.99. The average Bonchev–Trinajstić information content (AvgIpc) is 2.75. The summed E-state index contributed by atoms with van der Waals surface area (Å²) in [7, 11) is 1.79. The zero-order chi connectivity index (χ0) is 13.6. The third kappa shape index (κ3) is 5.27. The van der Waals surface area contributed by atoms with Crippen LogP contribution in [-0.2, 0) is 6.54 Å². The summed E-state index contributed by atoms with van der Waals surface area (Å²) in [6.07, 6.45) is 4.03. The summed E-state index contributed by atoms with van der Waals surface area (Å²) in [6, 6.07) is 0. The van der Waals surface area contributed by atoms with Crippen LogP contribution in [0, 0.1) is 6.92 Å². The van der Waals surface area contributed by atoms with Crippen LogP contribution in [0.3, 0.4) is 0 Å². The molecule has 0 aliphatic carbocycles. The normalized spacial score (nSPS) is 12.6. The van der Waals surface area contributed by atoms with Gasteiger partial charge in [-0.15, -0.1) is 11.3 Å². The van der Waals surface area contributed by atoms with Crippen LogP contribution in [-0.4, -0.2) is 35.5 Å². The molecule has 0 fully saturated rings. The molecule has 102 valence electrons. The first kappa shape index (κ1) is 15.3. The number of hydrogen-bond acceptors (Lipinski definition) is 4. The van der Waals surface area contributed by atoms with Crippen molar-refractivity contribution in [3.8, 4) is 0 Å². The topological polar surface area (TPSA) is 49.3 Å². The molecule has 1 heterocycles. The number of aromatic nitrogens is 1. The Balaban J connectivity index is 2.39. The van der Waals surface area contributed by atoms with Crippen LogP contribution in [0.5, 0.6) is 0 Å². The molecule has 0 saturated carbocycles. The number of thiazole rings is 1. The van der Waals surface area contributed by atoms with Gasteiger partial charge in [0.15, 0.2) is 5.96 Å². The van der Waals surface area contributed by atoms with E-state index in [1.165, 1.54) is 4.88 Å². The highest BCUT2D eigenvalue weighted by molar-refractivity contribution is 7.99. The van der Waals surface area contributed by atoms with Crippen LogP contribution in [0.2, 0.25) is 0 Å². The van der Waals surface area contributed by atoms with Crippen LogP contribution in [0.1, 0.15) is 23.7 Å². The maximum atomic E-state index is 4.23. The highest BCUT2D eigenvalue weighted by atomic mass is 32.2. The Hall–Kier alpha value is -0.750. The van der Waals surface area contributed by atoms with Crippen LogP contribution >= 0.6 is 23.1 Å². The van der Waals surface area contributed by atoms with E-state index in [1.807, 2.05) is 24.9 Å². The van der Waals surface area contributed by atoms with E-state index in [9.17, 15) is 0 Å². The predicted octanol–water partition coefficient (Wildman–Crippen LogP) is 2.26. The molecule has 6 heteroatoms. The Morgan fingerprint density at radius 2 is 2.22 bits per heavy atom. The maximum absolute atomic E-state index is 4.23. The molecule has 1 aromatic heterocycles. The first-order chi connectivity index (χ1) is 8.46. The third-order valence-electron chi connectivity index (χ3n) is 2.56. The number of nitrogens with one attached hydrogen (secondary N) is 2. The number of rotatable bonds is 5. The molecule has 0 aliphatic rings. The van der Waals surface area contributed by atoms with Gasteiger partial charge < -0.3 is 10.6 Å². The van der Waals surface area contributed by atoms with Crippen LogP contribution in [0.25, 0.3) is 0 Å². The standard InChI is InChI=1S/C12H22N4S2/c1-9-14-6-10(18-9)7-15-11(13-4)16-8-12(2,3)17-5/h6H,7-8H2,1-5H3,(H2,13,15,16). The molecule has 2 N–H and O–H groups in total. The quantitative estimate of drug-likeness (QED) is 0.644. The highest BCUT2D eigenvalue weighted by Gasteiger charge is 2.16. The van der Waals surface area contributed by atoms with Gasteiger partial charge in [0.1, 0.15) is 0 Å². The van der Waals surface area contributed by atoms with Crippen molar-refractivity contribution in [2.45, 2.75) is 32.1 Å². The van der Waals surface area contributed by atoms with Crippen molar-refractivity contribution in [1.82, 2.24) is 15.6 Å². The number of thioether (sulfide) groups is 1. The van der Waals surface area contributed by atoms with E-state index in [0.29, 0.717) is 0 Å². The lowest BCUT2D eigenvalue weighted by molar-refractivity contribution is 0.665. The number of guanidine groups is 1. The number of nitrogens with zero attached hydrogens (tertiary/aromatic N) is 2. The molecule has 0 amide bonds. The fourth-order valence-electron chi connectivity index (χ4n) is 1.25. The molecule has 1 rings (SSSR count). The Morgan fingerprint density at radius 3 is 2.72 bits per heavy atom. The van der Waals surface area contributed by atoms with Gasteiger partial charge in [-0.25, -0.2) is 4.98 Å². The molecule has 0 unspecified atom stereocenters. The lowest BCUT2D eigenvalue weighted by Gasteiger charge is -2.23. The molecular formula is C12H22N4S2. The van der Waals surface area contributed by atoms with Crippen molar-refractivity contribution in [3.63, 3.8) is 0 Å². The number of aliphatic imine (C=N–C) groups is 1. The first-order valence-electron chi connectivity index (χ1n) is 5.88. The lowest BCUT2D eigenvalue weighted by atomic mass is 10.2. The maximum Gasteiger partial charge on any atom is 0.191 e. The van der Waals surface area contributed by atoms with Crippen molar-refractivity contribution < 1.29 is 0 Å². The van der Waals surface area contributed by atoms with Gasteiger partial charge in [-0.05, 0) is 27.0 Å². The lowest BCUT2D eigenvalue weighted by Crippen LogP contribution is -2.42. The first-order valence-corrected chi connectivity index (χ1v) is 7.92. The molecule has 4 nitrogen and oxygen atoms in total. The summed E-state index contributed by atoms with van der Waals surface area (Å²) in [5.74, 6) is 0.836. The highest BCUT2D eigenvalue weighted by Crippen LogP contribution is 2.19. The van der Waals surface area contributed by atoms with Crippen molar-refractivity contribution in [1.29, 1.82) is 0 Å². The van der Waals surface area contributed by atoms with Gasteiger partial charge in [-0.1, -0.05) is 0 Å². The second-order valence-corrected chi connectivity index (χ2v) is 7.42. The van der Waals surface area contributed by atoms with Gasteiger partial charge in [0.2, 0.25) is 0 Å². The fraction of sp³-hybridized carbons (Fsp3) is 0.667. The Bertz CT molecular complexity index is 399. The minimum absolute atomic E-state index is 0.207. The Kier molecular flexibility index (Phi) is 5.95. The molecule has 0 saturated heterocycles. The predicted molar refractivity (Wildman–Crippen MR) is 82.6 cm³/mol. The summed E-state index contributed by atoms with van der Waals surface area (Å²) in [5.41, 5.74) is 0. The molecule has 0 atom stereocenters. The van der Waals surface area contributed by atoms with Gasteiger partial charge in [0, 0.05) is 29.4 Å². The van der Waals surface area contributed by atoms with E-state index >= 15 is 0 Å². The fourth-order valence-corrected chi connectivity index (χ4v) is 2.20. The molecule has 1 aromatic rings. The molecule has 0 aromatic carbocycles. The third-order valence-corrected chi connectivity index (χ3v) is 4.72. The molecule has 0 spiro atoms. The zero-order valence-corrected chi connectivity index (χ0v) is 13.3. The minimum Gasteiger partial charge on any atom is -0.355 e. The SMILES string of the molecule is CN=C(NCc1cnc(C)s1)NCC(C)(C)SC. The summed E-state index contributed by atoms with van der Waals surface area (Å²) in [5, 5.41) is 7.73. The molecular weight excluding hydrogens is 264 g/mol. The van der Waals surface area contributed by atoms with Crippen molar-refractivity contribution in [2.24, 2.45) is 4.99 Å². The average molecular weight is 286 g/mol. The van der Waals surface area contributed by atoms with Gasteiger partial charge in [0.25, 0.3) is 0 Å². The van der Waals surface area contributed by atoms with Gasteiger partial charge in [0.05, 0.1) is 11.6 Å². The minimum atomic E-state index is 0.207. The summed E-state index contributed by atoms with van der Waals surface area (Å²) in [6.45, 7) is 8.09. The van der Waals surface area contributed by atoms with Gasteiger partial charge >= 0.3 is 0 Å². The van der Waals surface area contributed by atoms with E-state index in [-0.39, 0.29) is 4.75 Å². The molecule has 0 aliphatic heterocycles. The summed E-state index contributed by atoms with van der Waals surface area (Å²) < 4.78 is 0.207. The Morgan fingerprint density at radius 1 is 1.50 bits per heavy atom. The molecule has 0 radical (unpaired) electrons. The molecule has 18 heavy (non-hydrogen) atoms. The molecule has 0 bridgehead atoms. The van der Waals surface area contributed by atoms with Crippen molar-refractivity contribution >= 4 is 29.1 Å². The number of hydrogen-bond donors (Lipinski definition) is 2. The monoisotopic (exact) mass is 286 g/mol. The zero-order valence-electron chi connectivity index (χ0n) is 11.7. The van der Waals surface area contributed by atoms with Crippen molar-refractivity contribution in [2.75, 3.05) is 19.8 Å². The smallest absolute Gasteiger partial charge is 0.191 e. The van der Waals surface area contributed by atoms with Gasteiger partial charge in [-0.3, -0.25) is 4.99 Å². The Labute approximate surface area is 118 Å². The second-order valence-electron chi connectivity index (χ2n) is 4.59. The van der Waals surface area contributed by atoms with E-state index in [4.69, 9.17) is 0 Å². The summed E-state index contributed by atoms with van der Waals surface area (Å²) >= 11 is 3.55. The van der Waals surface area contributed by atoms with E-state index in [1.54, 1.807) is 18.4 Å². The summed E-state index contributed by atoms with van der Waals surface area (Å²) in [4.78, 5) is 9.67. The van der Waals surface area contributed by atoms with Gasteiger partial charge in [-0.2, -0.15) is 11.8 Å². The van der Waals surface area contributed by atoms with Crippen LogP contribution < -0.4 is 10.6 Å². The van der Waals surface area contributed by atoms with E-state index in [2.05, 4.69) is 40.7 Å². The van der Waals surface area contributed by atoms with E-state index < -0.39 is 0 Å². The largest absolute Gasteiger partial charge is 0.355 e. The number of aryl methyl sites for hydroxylation is 1. The van der Waals surface area contributed by atoms with Crippen molar-refractivity contribution in [3.05, 3.63) is 16.1 Å². The van der Waals surface area contributed by atoms with E-state index in [0.717, 1.165) is 24.1 Å².